The summed E-state index contributed by atoms with van der Waals surface area (Å²) in [5.74, 6) is 3.85. The second-order valence-corrected chi connectivity index (χ2v) is 22.7. The van der Waals surface area contributed by atoms with Gasteiger partial charge in [0.2, 0.25) is 0 Å². The zero-order valence-corrected chi connectivity index (χ0v) is 37.0. The lowest BCUT2D eigenvalue weighted by atomic mass is 9.32. The Morgan fingerprint density at radius 2 is 1.60 bits per heavy atom. The van der Waals surface area contributed by atoms with Crippen LogP contribution < -0.4 is 5.32 Å². The van der Waals surface area contributed by atoms with Gasteiger partial charge in [0, 0.05) is 5.54 Å². The van der Waals surface area contributed by atoms with Crippen molar-refractivity contribution in [1.29, 1.82) is 0 Å². The average molecular weight is 784 g/mol. The van der Waals surface area contributed by atoms with Crippen LogP contribution in [-0.4, -0.2) is 35.4 Å². The number of aliphatic hydroxyl groups is 1. The fourth-order valence-corrected chi connectivity index (χ4v) is 16.2. The summed E-state index contributed by atoms with van der Waals surface area (Å²) in [7, 11) is 0. The summed E-state index contributed by atoms with van der Waals surface area (Å²) in [6.45, 7) is 18.7. The van der Waals surface area contributed by atoms with Crippen molar-refractivity contribution in [3.63, 3.8) is 0 Å². The number of allylic oxidation sites excluding steroid dienone is 4. The van der Waals surface area contributed by atoms with Gasteiger partial charge in [0.1, 0.15) is 13.3 Å². The van der Waals surface area contributed by atoms with Crippen LogP contribution >= 0.6 is 0 Å². The molecule has 0 heterocycles. The number of alkyl halides is 1. The molecule has 0 bridgehead atoms. The third-order valence-electron chi connectivity index (χ3n) is 19.6. The van der Waals surface area contributed by atoms with E-state index in [1.165, 1.54) is 81.8 Å². The Kier molecular flexibility index (Phi) is 11.1. The summed E-state index contributed by atoms with van der Waals surface area (Å²) < 4.78 is 20.5. The standard InChI is InChI=1S/C52H78FNO3/c1-36(2)39-20-29-52(54-33-32-51(56)23-12-9-13-24-51)31-30-48(6)41(44(39)52)16-17-43-47(5)25-21-40(46(3,4)42(47)22-26-49(43,48)7)38-18-27-50(35-53,28-19-38)45(55)57-34-37-14-10-8-11-15-37/h8,10-11,14-15,18,21,36,39,41-44,54,56H,9,12-13,16-17,19-20,22-35H2,1-7H3/t39-,41+,42-,43+,44+,47-,48+,49+,50-,52-/m0/s1. The molecular weight excluding hydrogens is 706 g/mol. The molecule has 0 spiro atoms. The zero-order chi connectivity index (χ0) is 40.5. The van der Waals surface area contributed by atoms with Gasteiger partial charge in [-0.25, -0.2) is 4.39 Å². The van der Waals surface area contributed by atoms with E-state index in [1.807, 2.05) is 30.3 Å². The molecule has 0 radical (unpaired) electrons. The molecule has 7 aliphatic rings. The number of fused-ring (bicyclic) bond motifs is 7. The third-order valence-corrected chi connectivity index (χ3v) is 19.6. The van der Waals surface area contributed by atoms with Crippen LogP contribution in [0.25, 0.3) is 0 Å². The lowest BCUT2D eigenvalue weighted by Gasteiger charge is -2.72. The maximum Gasteiger partial charge on any atom is 0.315 e. The molecule has 57 heavy (non-hydrogen) atoms. The van der Waals surface area contributed by atoms with E-state index in [4.69, 9.17) is 4.74 Å². The maximum atomic E-state index is 14.8. The first-order valence-corrected chi connectivity index (χ1v) is 23.7. The van der Waals surface area contributed by atoms with Crippen LogP contribution in [0.1, 0.15) is 170 Å². The van der Waals surface area contributed by atoms with Gasteiger partial charge < -0.3 is 15.2 Å². The number of rotatable bonds is 10. The Bertz CT molecular complexity index is 1690. The fourth-order valence-electron chi connectivity index (χ4n) is 16.2. The SMILES string of the molecule is CC(C)[C@@H]1CC[C@]2(NCCC3(O)CCCCC3)CC[C@]3(C)[C@H](CC[C@@H]4[C@@]5(C)CC=C(C6=CC[C@](CF)(C(=O)OCc7ccccc7)CC6)C(C)(C)[C@@H]5CC[C@]43C)[C@@H]12. The summed E-state index contributed by atoms with van der Waals surface area (Å²) in [4.78, 5) is 13.4. The normalized spacial score (nSPS) is 42.2. The number of hydrogen-bond acceptors (Lipinski definition) is 4. The molecule has 5 heteroatoms. The molecule has 1 aromatic rings. The fraction of sp³-hybridized carbons (Fsp3) is 0.788. The Balaban J connectivity index is 1.01. The second-order valence-electron chi connectivity index (χ2n) is 22.7. The number of carbonyl (C=O) groups excluding carboxylic acids is 1. The van der Waals surface area contributed by atoms with Crippen molar-refractivity contribution in [3.8, 4) is 0 Å². The lowest BCUT2D eigenvalue weighted by Crippen LogP contribution is -2.68. The number of benzene rings is 1. The summed E-state index contributed by atoms with van der Waals surface area (Å²) in [5, 5.41) is 15.7. The van der Waals surface area contributed by atoms with E-state index in [1.54, 1.807) is 0 Å². The smallest absolute Gasteiger partial charge is 0.315 e. The Labute approximate surface area is 346 Å². The summed E-state index contributed by atoms with van der Waals surface area (Å²) >= 11 is 0. The first kappa shape index (κ1) is 41.7. The van der Waals surface area contributed by atoms with Crippen LogP contribution in [0.3, 0.4) is 0 Å². The number of ether oxygens (including phenoxy) is 1. The molecule has 0 aromatic heterocycles. The van der Waals surface area contributed by atoms with Gasteiger partial charge in [-0.05, 0) is 177 Å². The highest BCUT2D eigenvalue weighted by molar-refractivity contribution is 5.78. The van der Waals surface area contributed by atoms with Gasteiger partial charge >= 0.3 is 5.97 Å². The highest BCUT2D eigenvalue weighted by Gasteiger charge is 2.70. The zero-order valence-electron chi connectivity index (χ0n) is 37.0. The van der Waals surface area contributed by atoms with Crippen LogP contribution in [0.4, 0.5) is 4.39 Å². The Morgan fingerprint density at radius 1 is 0.842 bits per heavy atom. The molecule has 0 saturated heterocycles. The number of carbonyl (C=O) groups is 1. The molecular formula is C52H78FNO3. The molecule has 2 N–H and O–H groups in total. The average Bonchev–Trinajstić information content (AvgIpc) is 3.58. The van der Waals surface area contributed by atoms with E-state index in [9.17, 15) is 14.3 Å². The molecule has 4 nitrogen and oxygen atoms in total. The predicted molar refractivity (Wildman–Crippen MR) is 230 cm³/mol. The van der Waals surface area contributed by atoms with Crippen molar-refractivity contribution in [1.82, 2.24) is 5.32 Å². The molecule has 0 amide bonds. The van der Waals surface area contributed by atoms with Gasteiger partial charge in [-0.1, -0.05) is 110 Å². The molecule has 0 aliphatic heterocycles. The monoisotopic (exact) mass is 784 g/mol. The highest BCUT2D eigenvalue weighted by Crippen LogP contribution is 2.76. The van der Waals surface area contributed by atoms with Gasteiger partial charge in [0.15, 0.2) is 0 Å². The quantitative estimate of drug-likeness (QED) is 0.232. The van der Waals surface area contributed by atoms with Gasteiger partial charge in [-0.3, -0.25) is 4.79 Å². The summed E-state index contributed by atoms with van der Waals surface area (Å²) in [6, 6.07) is 9.72. The van der Waals surface area contributed by atoms with Crippen LogP contribution in [0.15, 0.2) is 53.6 Å². The molecule has 5 fully saturated rings. The van der Waals surface area contributed by atoms with Crippen molar-refractivity contribution < 1.29 is 19.0 Å². The topological polar surface area (TPSA) is 58.6 Å². The minimum atomic E-state index is -1.08. The first-order chi connectivity index (χ1) is 27.1. The van der Waals surface area contributed by atoms with E-state index in [0.717, 1.165) is 62.0 Å². The summed E-state index contributed by atoms with van der Waals surface area (Å²) in [5.41, 5.74) is 3.32. The molecule has 1 aromatic carbocycles. The van der Waals surface area contributed by atoms with E-state index in [2.05, 4.69) is 65.9 Å². The maximum absolute atomic E-state index is 14.8. The number of esters is 1. The van der Waals surface area contributed by atoms with Crippen LogP contribution in [0.5, 0.6) is 0 Å². The van der Waals surface area contributed by atoms with Crippen molar-refractivity contribution in [3.05, 3.63) is 59.2 Å². The van der Waals surface area contributed by atoms with E-state index in [0.29, 0.717) is 41.4 Å². The molecule has 5 saturated carbocycles. The van der Waals surface area contributed by atoms with Crippen molar-refractivity contribution in [2.24, 2.45) is 62.6 Å². The van der Waals surface area contributed by atoms with Gasteiger partial charge in [-0.15, -0.1) is 0 Å². The lowest BCUT2D eigenvalue weighted by molar-refractivity contribution is -0.223. The molecule has 7 aliphatic carbocycles. The van der Waals surface area contributed by atoms with Crippen LogP contribution in [-0.2, 0) is 16.1 Å². The molecule has 10 atom stereocenters. The van der Waals surface area contributed by atoms with E-state index >= 15 is 0 Å². The third kappa shape index (κ3) is 6.76. The minimum Gasteiger partial charge on any atom is -0.460 e. The van der Waals surface area contributed by atoms with E-state index < -0.39 is 23.7 Å². The summed E-state index contributed by atoms with van der Waals surface area (Å²) in [6.07, 6.45) is 24.7. The highest BCUT2D eigenvalue weighted by atomic mass is 19.1. The molecule has 0 unspecified atom stereocenters. The number of nitrogens with one attached hydrogen (secondary N) is 1. The second kappa shape index (κ2) is 15.2. The minimum absolute atomic E-state index is 0.0175. The molecule has 8 rings (SSSR count). The first-order valence-electron chi connectivity index (χ1n) is 23.7. The largest absolute Gasteiger partial charge is 0.460 e. The van der Waals surface area contributed by atoms with E-state index in [-0.39, 0.29) is 23.0 Å². The Hall–Kier alpha value is -1.98. The molecule has 316 valence electrons. The van der Waals surface area contributed by atoms with Gasteiger partial charge in [0.05, 0.1) is 11.0 Å². The van der Waals surface area contributed by atoms with Crippen molar-refractivity contribution in [2.45, 2.75) is 182 Å². The number of hydrogen-bond donors (Lipinski definition) is 2. The van der Waals surface area contributed by atoms with Gasteiger partial charge in [0.25, 0.3) is 0 Å². The van der Waals surface area contributed by atoms with Crippen molar-refractivity contribution in [2.75, 3.05) is 13.2 Å². The predicted octanol–water partition coefficient (Wildman–Crippen LogP) is 12.5. The Morgan fingerprint density at radius 3 is 2.28 bits per heavy atom. The number of halogens is 1. The van der Waals surface area contributed by atoms with Gasteiger partial charge in [-0.2, -0.15) is 0 Å². The van der Waals surface area contributed by atoms with Crippen LogP contribution in [0.2, 0.25) is 0 Å². The van der Waals surface area contributed by atoms with Crippen LogP contribution in [0, 0.1) is 62.6 Å². The van der Waals surface area contributed by atoms with Crippen molar-refractivity contribution >= 4 is 5.97 Å².